The normalized spacial score (nSPS) is 14.1. The van der Waals surface area contributed by atoms with Crippen LogP contribution in [-0.2, 0) is 4.79 Å². The summed E-state index contributed by atoms with van der Waals surface area (Å²) in [6.07, 6.45) is -1.26. The van der Waals surface area contributed by atoms with Gasteiger partial charge in [0.25, 0.3) is 5.69 Å². The fraction of sp³-hybridized carbons (Fsp3) is 0.364. The number of nitro groups is 1. The molecule has 2 atom stereocenters. The molecule has 1 N–H and O–H groups in total. The van der Waals surface area contributed by atoms with E-state index in [1.165, 1.54) is 25.1 Å². The molecule has 0 heterocycles. The Morgan fingerprint density at radius 1 is 1.53 bits per heavy atom. The number of benzene rings is 1. The van der Waals surface area contributed by atoms with Crippen LogP contribution in [0.3, 0.4) is 0 Å². The van der Waals surface area contributed by atoms with E-state index in [2.05, 4.69) is 0 Å². The summed E-state index contributed by atoms with van der Waals surface area (Å²) in [4.78, 5) is 21.4. The van der Waals surface area contributed by atoms with Gasteiger partial charge in [0.1, 0.15) is 5.78 Å². The number of halogens is 1. The SMILES string of the molecule is CC(=O)[C@@H](CCl)[C@H](O)c1ccccc1[N+](=O)[O-]. The Bertz CT molecular complexity index is 435. The number of ketones is 1. The average Bonchev–Trinajstić information content (AvgIpc) is 2.29. The van der Waals surface area contributed by atoms with E-state index in [1.54, 1.807) is 6.07 Å². The van der Waals surface area contributed by atoms with Crippen molar-refractivity contribution in [2.45, 2.75) is 13.0 Å². The third-order valence-electron chi connectivity index (χ3n) is 2.52. The van der Waals surface area contributed by atoms with Crippen LogP contribution in [0.25, 0.3) is 0 Å². The molecular formula is C11H12ClNO4. The highest BCUT2D eigenvalue weighted by atomic mass is 35.5. The molecule has 1 rings (SSSR count). The topological polar surface area (TPSA) is 80.4 Å². The van der Waals surface area contributed by atoms with Crippen molar-refractivity contribution in [3.05, 3.63) is 39.9 Å². The zero-order valence-electron chi connectivity index (χ0n) is 9.17. The molecule has 0 aliphatic carbocycles. The first-order valence-electron chi connectivity index (χ1n) is 4.96. The molecule has 0 radical (unpaired) electrons. The lowest BCUT2D eigenvalue weighted by molar-refractivity contribution is -0.386. The number of alkyl halides is 1. The van der Waals surface area contributed by atoms with Gasteiger partial charge in [0.15, 0.2) is 0 Å². The predicted molar refractivity (Wildman–Crippen MR) is 62.9 cm³/mol. The summed E-state index contributed by atoms with van der Waals surface area (Å²) in [6, 6.07) is 5.77. The minimum absolute atomic E-state index is 0.0808. The summed E-state index contributed by atoms with van der Waals surface area (Å²) in [5.41, 5.74) is -0.102. The second-order valence-electron chi connectivity index (χ2n) is 3.63. The summed E-state index contributed by atoms with van der Waals surface area (Å²) in [5, 5.41) is 20.8. The molecule has 6 heteroatoms. The third-order valence-corrected chi connectivity index (χ3v) is 2.85. The van der Waals surface area contributed by atoms with E-state index in [4.69, 9.17) is 11.6 Å². The molecule has 0 amide bonds. The summed E-state index contributed by atoms with van der Waals surface area (Å²) in [6.45, 7) is 1.30. The van der Waals surface area contributed by atoms with Crippen molar-refractivity contribution >= 4 is 23.1 Å². The van der Waals surface area contributed by atoms with E-state index < -0.39 is 16.9 Å². The maximum Gasteiger partial charge on any atom is 0.275 e. The van der Waals surface area contributed by atoms with Gasteiger partial charge >= 0.3 is 0 Å². The number of Topliss-reactive ketones (excluding diaryl/α,β-unsaturated/α-hetero) is 1. The van der Waals surface area contributed by atoms with E-state index in [-0.39, 0.29) is 22.9 Å². The molecule has 5 nitrogen and oxygen atoms in total. The Morgan fingerprint density at radius 3 is 2.59 bits per heavy atom. The fourth-order valence-corrected chi connectivity index (χ4v) is 1.92. The van der Waals surface area contributed by atoms with Crippen LogP contribution in [-0.4, -0.2) is 21.7 Å². The second-order valence-corrected chi connectivity index (χ2v) is 3.94. The highest BCUT2D eigenvalue weighted by molar-refractivity contribution is 6.19. The second kappa shape index (κ2) is 5.75. The lowest BCUT2D eigenvalue weighted by Crippen LogP contribution is -2.22. The maximum absolute atomic E-state index is 11.3. The smallest absolute Gasteiger partial charge is 0.275 e. The fourth-order valence-electron chi connectivity index (χ4n) is 1.54. The molecule has 0 saturated heterocycles. The highest BCUT2D eigenvalue weighted by Crippen LogP contribution is 2.30. The van der Waals surface area contributed by atoms with Gasteiger partial charge in [-0.2, -0.15) is 0 Å². The van der Waals surface area contributed by atoms with Gasteiger partial charge in [0.2, 0.25) is 0 Å². The largest absolute Gasteiger partial charge is 0.387 e. The number of nitrogens with zero attached hydrogens (tertiary/aromatic N) is 1. The van der Waals surface area contributed by atoms with Gasteiger partial charge in [0.05, 0.1) is 22.5 Å². The van der Waals surface area contributed by atoms with Crippen LogP contribution >= 0.6 is 11.6 Å². The molecule has 0 bridgehead atoms. The number of carbonyl (C=O) groups is 1. The number of nitro benzene ring substituents is 1. The molecular weight excluding hydrogens is 246 g/mol. The molecule has 0 unspecified atom stereocenters. The van der Waals surface area contributed by atoms with Gasteiger partial charge in [-0.15, -0.1) is 11.6 Å². The Kier molecular flexibility index (Phi) is 4.60. The van der Waals surface area contributed by atoms with Crippen LogP contribution in [0, 0.1) is 16.0 Å². The van der Waals surface area contributed by atoms with Crippen molar-refractivity contribution < 1.29 is 14.8 Å². The van der Waals surface area contributed by atoms with Crippen LogP contribution in [0.15, 0.2) is 24.3 Å². The Labute approximate surface area is 103 Å². The number of rotatable bonds is 5. The lowest BCUT2D eigenvalue weighted by atomic mass is 9.93. The summed E-state index contributed by atoms with van der Waals surface area (Å²) >= 11 is 5.59. The molecule has 17 heavy (non-hydrogen) atoms. The molecule has 0 aliphatic heterocycles. The zero-order valence-corrected chi connectivity index (χ0v) is 9.92. The van der Waals surface area contributed by atoms with E-state index >= 15 is 0 Å². The number of hydrogen-bond acceptors (Lipinski definition) is 4. The summed E-state index contributed by atoms with van der Waals surface area (Å²) in [7, 11) is 0. The van der Waals surface area contributed by atoms with Crippen LogP contribution in [0.1, 0.15) is 18.6 Å². The number of aliphatic hydroxyl groups excluding tert-OH is 1. The lowest BCUT2D eigenvalue weighted by Gasteiger charge is -2.18. The molecule has 0 spiro atoms. The van der Waals surface area contributed by atoms with E-state index in [0.717, 1.165) is 0 Å². The van der Waals surface area contributed by atoms with Gasteiger partial charge in [-0.1, -0.05) is 12.1 Å². The molecule has 0 fully saturated rings. The molecule has 92 valence electrons. The zero-order chi connectivity index (χ0) is 13.0. The van der Waals surface area contributed by atoms with Gasteiger partial charge in [-0.05, 0) is 13.0 Å². The molecule has 1 aromatic rings. The number of hydrogen-bond donors (Lipinski definition) is 1. The summed E-state index contributed by atoms with van der Waals surface area (Å²) in [5.74, 6) is -1.22. The van der Waals surface area contributed by atoms with Gasteiger partial charge in [0, 0.05) is 11.9 Å². The van der Waals surface area contributed by atoms with Crippen LogP contribution in [0.5, 0.6) is 0 Å². The monoisotopic (exact) mass is 257 g/mol. The first kappa shape index (κ1) is 13.6. The van der Waals surface area contributed by atoms with Crippen molar-refractivity contribution in [1.82, 2.24) is 0 Å². The Morgan fingerprint density at radius 2 is 2.12 bits per heavy atom. The van der Waals surface area contributed by atoms with Crippen LogP contribution in [0.4, 0.5) is 5.69 Å². The van der Waals surface area contributed by atoms with Crippen LogP contribution in [0.2, 0.25) is 0 Å². The van der Waals surface area contributed by atoms with Gasteiger partial charge in [-0.3, -0.25) is 14.9 Å². The van der Waals surface area contributed by atoms with E-state index in [1.807, 2.05) is 0 Å². The Hall–Kier alpha value is -1.46. The first-order valence-corrected chi connectivity index (χ1v) is 5.50. The van der Waals surface area contributed by atoms with E-state index in [9.17, 15) is 20.0 Å². The maximum atomic E-state index is 11.3. The van der Waals surface area contributed by atoms with E-state index in [0.29, 0.717) is 0 Å². The highest BCUT2D eigenvalue weighted by Gasteiger charge is 2.29. The quantitative estimate of drug-likeness (QED) is 0.497. The number of para-hydroxylation sites is 1. The minimum atomic E-state index is -1.26. The molecule has 1 aromatic carbocycles. The Balaban J connectivity index is 3.15. The molecule has 0 saturated carbocycles. The molecule has 0 aromatic heterocycles. The summed E-state index contributed by atoms with van der Waals surface area (Å²) < 4.78 is 0. The van der Waals surface area contributed by atoms with Gasteiger partial charge in [-0.25, -0.2) is 0 Å². The first-order chi connectivity index (χ1) is 7.99. The van der Waals surface area contributed by atoms with Crippen molar-refractivity contribution in [2.75, 3.05) is 5.88 Å². The van der Waals surface area contributed by atoms with Crippen molar-refractivity contribution in [1.29, 1.82) is 0 Å². The van der Waals surface area contributed by atoms with Crippen molar-refractivity contribution in [3.8, 4) is 0 Å². The van der Waals surface area contributed by atoms with Gasteiger partial charge < -0.3 is 5.11 Å². The number of carbonyl (C=O) groups excluding carboxylic acids is 1. The third kappa shape index (κ3) is 3.01. The van der Waals surface area contributed by atoms with Crippen molar-refractivity contribution in [3.63, 3.8) is 0 Å². The minimum Gasteiger partial charge on any atom is -0.387 e. The molecule has 0 aliphatic rings. The standard InChI is InChI=1S/C11H12ClNO4/c1-7(14)9(6-12)11(15)8-4-2-3-5-10(8)13(16)17/h2-5,9,11,15H,6H2,1H3/t9-,11-/m1/s1. The predicted octanol–water partition coefficient (Wildman–Crippen LogP) is 2.07. The van der Waals surface area contributed by atoms with Crippen LogP contribution < -0.4 is 0 Å². The van der Waals surface area contributed by atoms with Crippen molar-refractivity contribution in [2.24, 2.45) is 5.92 Å². The number of aliphatic hydroxyl groups is 1. The average molecular weight is 258 g/mol.